The molecule has 2 rings (SSSR count). The van der Waals surface area contributed by atoms with E-state index in [0.717, 1.165) is 0 Å². The van der Waals surface area contributed by atoms with E-state index in [0.29, 0.717) is 5.69 Å². The van der Waals surface area contributed by atoms with Crippen LogP contribution in [0.5, 0.6) is 0 Å². The summed E-state index contributed by atoms with van der Waals surface area (Å²) in [5.74, 6) is -1.52. The first-order chi connectivity index (χ1) is 12.5. The molecule has 0 aliphatic rings. The molecule has 7 nitrogen and oxygen atoms in total. The molecule has 1 aromatic heterocycles. The molecule has 0 atom stereocenters. The summed E-state index contributed by atoms with van der Waals surface area (Å²) in [5.41, 5.74) is 0.715. The van der Waals surface area contributed by atoms with E-state index in [-0.39, 0.29) is 36.7 Å². The van der Waals surface area contributed by atoms with Crippen molar-refractivity contribution >= 4 is 29.3 Å². The van der Waals surface area contributed by atoms with Crippen LogP contribution in [0.3, 0.4) is 0 Å². The van der Waals surface area contributed by atoms with Crippen molar-refractivity contribution in [1.82, 2.24) is 4.98 Å². The largest absolute Gasteiger partial charge is 0.462 e. The van der Waals surface area contributed by atoms with Gasteiger partial charge in [-0.1, -0.05) is 0 Å². The van der Waals surface area contributed by atoms with Gasteiger partial charge in [0.25, 0.3) is 0 Å². The fourth-order valence-corrected chi connectivity index (χ4v) is 2.03. The van der Waals surface area contributed by atoms with Gasteiger partial charge in [0.05, 0.1) is 12.2 Å². The minimum absolute atomic E-state index is 0.0548. The number of carbonyl (C=O) groups excluding carboxylic acids is 3. The highest BCUT2D eigenvalue weighted by Gasteiger charge is 2.11. The lowest BCUT2D eigenvalue weighted by molar-refractivity contribution is -0.121. The van der Waals surface area contributed by atoms with Crippen molar-refractivity contribution in [3.63, 3.8) is 0 Å². The second-order valence-corrected chi connectivity index (χ2v) is 5.25. The zero-order chi connectivity index (χ0) is 18.9. The molecule has 0 aliphatic carbocycles. The van der Waals surface area contributed by atoms with Gasteiger partial charge in [-0.15, -0.1) is 0 Å². The Balaban J connectivity index is 1.83. The summed E-state index contributed by atoms with van der Waals surface area (Å²) in [5, 5.41) is 5.08. The van der Waals surface area contributed by atoms with Crippen LogP contribution in [0.4, 0.5) is 15.9 Å². The van der Waals surface area contributed by atoms with Crippen LogP contribution in [0.1, 0.15) is 30.1 Å². The predicted octanol–water partition coefficient (Wildman–Crippen LogP) is 2.75. The topological polar surface area (TPSA) is 97.4 Å². The number of ether oxygens (including phenoxy) is 1. The standard InChI is InChI=1S/C18H18FN3O4/c1-2-26-18(25)12-9-10-20-15(11-12)22-17(24)8-7-16(23)21-14-5-3-13(19)4-6-14/h3-6,9-11H,2,7-8H2,1H3,(H,21,23)(H,20,22,24). The van der Waals surface area contributed by atoms with E-state index in [1.165, 1.54) is 42.6 Å². The van der Waals surface area contributed by atoms with Crippen molar-refractivity contribution in [2.24, 2.45) is 0 Å². The molecule has 0 aliphatic heterocycles. The molecule has 0 bridgehead atoms. The fraction of sp³-hybridized carbons (Fsp3) is 0.222. The summed E-state index contributed by atoms with van der Waals surface area (Å²) in [4.78, 5) is 39.3. The molecule has 2 aromatic rings. The minimum atomic E-state index is -0.510. The number of halogens is 1. The first-order valence-corrected chi connectivity index (χ1v) is 7.96. The van der Waals surface area contributed by atoms with Gasteiger partial charge in [0, 0.05) is 24.7 Å². The molecule has 0 unspecified atom stereocenters. The van der Waals surface area contributed by atoms with Crippen molar-refractivity contribution in [3.05, 3.63) is 54.0 Å². The lowest BCUT2D eigenvalue weighted by Gasteiger charge is -2.07. The highest BCUT2D eigenvalue weighted by Crippen LogP contribution is 2.11. The number of rotatable bonds is 7. The van der Waals surface area contributed by atoms with Crippen molar-refractivity contribution in [3.8, 4) is 0 Å². The van der Waals surface area contributed by atoms with E-state index < -0.39 is 17.7 Å². The molecule has 2 amide bonds. The first-order valence-electron chi connectivity index (χ1n) is 7.96. The normalized spacial score (nSPS) is 10.1. The predicted molar refractivity (Wildman–Crippen MR) is 93.1 cm³/mol. The molecular weight excluding hydrogens is 341 g/mol. The third-order valence-corrected chi connectivity index (χ3v) is 3.25. The highest BCUT2D eigenvalue weighted by molar-refractivity contribution is 5.97. The number of nitrogens with zero attached hydrogens (tertiary/aromatic N) is 1. The first kappa shape index (κ1) is 19.0. The Morgan fingerprint density at radius 1 is 1.04 bits per heavy atom. The van der Waals surface area contributed by atoms with E-state index in [1.807, 2.05) is 0 Å². The summed E-state index contributed by atoms with van der Waals surface area (Å²) in [6, 6.07) is 8.18. The summed E-state index contributed by atoms with van der Waals surface area (Å²) < 4.78 is 17.7. The maximum Gasteiger partial charge on any atom is 0.338 e. The zero-order valence-corrected chi connectivity index (χ0v) is 14.1. The monoisotopic (exact) mass is 359 g/mol. The Morgan fingerprint density at radius 3 is 2.35 bits per heavy atom. The quantitative estimate of drug-likeness (QED) is 0.741. The minimum Gasteiger partial charge on any atom is -0.462 e. The van der Waals surface area contributed by atoms with Crippen LogP contribution in [0.15, 0.2) is 42.6 Å². The van der Waals surface area contributed by atoms with Gasteiger partial charge in [0.1, 0.15) is 11.6 Å². The van der Waals surface area contributed by atoms with Crippen LogP contribution in [-0.2, 0) is 14.3 Å². The summed E-state index contributed by atoms with van der Waals surface area (Å²) in [7, 11) is 0. The summed E-state index contributed by atoms with van der Waals surface area (Å²) >= 11 is 0. The number of anilines is 2. The van der Waals surface area contributed by atoms with E-state index in [4.69, 9.17) is 4.74 Å². The Kier molecular flexibility index (Phi) is 6.78. The number of nitrogens with one attached hydrogen (secondary N) is 2. The van der Waals surface area contributed by atoms with Crippen LogP contribution in [0, 0.1) is 5.82 Å². The SMILES string of the molecule is CCOC(=O)c1ccnc(NC(=O)CCC(=O)Nc2ccc(F)cc2)c1. The molecular formula is C18H18FN3O4. The maximum absolute atomic E-state index is 12.8. The molecule has 1 aromatic carbocycles. The van der Waals surface area contributed by atoms with Gasteiger partial charge in [-0.3, -0.25) is 9.59 Å². The fourth-order valence-electron chi connectivity index (χ4n) is 2.03. The molecule has 0 fully saturated rings. The summed E-state index contributed by atoms with van der Waals surface area (Å²) in [6.07, 6.45) is 1.25. The average molecular weight is 359 g/mol. The third-order valence-electron chi connectivity index (χ3n) is 3.25. The van der Waals surface area contributed by atoms with Crippen molar-refractivity contribution < 1.29 is 23.5 Å². The van der Waals surface area contributed by atoms with E-state index in [9.17, 15) is 18.8 Å². The Bertz CT molecular complexity index is 793. The molecule has 26 heavy (non-hydrogen) atoms. The van der Waals surface area contributed by atoms with Gasteiger partial charge < -0.3 is 15.4 Å². The van der Waals surface area contributed by atoms with Crippen LogP contribution in [0.25, 0.3) is 0 Å². The molecule has 2 N–H and O–H groups in total. The highest BCUT2D eigenvalue weighted by atomic mass is 19.1. The number of carbonyl (C=O) groups is 3. The van der Waals surface area contributed by atoms with E-state index >= 15 is 0 Å². The van der Waals surface area contributed by atoms with Crippen molar-refractivity contribution in [2.75, 3.05) is 17.2 Å². The zero-order valence-electron chi connectivity index (χ0n) is 14.1. The number of benzene rings is 1. The van der Waals surface area contributed by atoms with Crippen LogP contribution in [-0.4, -0.2) is 29.4 Å². The smallest absolute Gasteiger partial charge is 0.338 e. The number of amides is 2. The lowest BCUT2D eigenvalue weighted by atomic mass is 10.2. The Morgan fingerprint density at radius 2 is 1.69 bits per heavy atom. The van der Waals surface area contributed by atoms with Gasteiger partial charge in [-0.05, 0) is 43.3 Å². The number of hydrogen-bond donors (Lipinski definition) is 2. The second-order valence-electron chi connectivity index (χ2n) is 5.25. The Hall–Kier alpha value is -3.29. The summed E-state index contributed by atoms with van der Waals surface area (Å²) in [6.45, 7) is 1.94. The van der Waals surface area contributed by atoms with Gasteiger partial charge in [-0.2, -0.15) is 0 Å². The molecule has 0 saturated carbocycles. The molecule has 136 valence electrons. The van der Waals surface area contributed by atoms with Crippen LogP contribution in [0.2, 0.25) is 0 Å². The molecule has 0 radical (unpaired) electrons. The number of esters is 1. The lowest BCUT2D eigenvalue weighted by Crippen LogP contribution is -2.18. The van der Waals surface area contributed by atoms with Gasteiger partial charge in [-0.25, -0.2) is 14.2 Å². The van der Waals surface area contributed by atoms with E-state index in [1.54, 1.807) is 6.92 Å². The van der Waals surface area contributed by atoms with Crippen molar-refractivity contribution in [1.29, 1.82) is 0 Å². The van der Waals surface area contributed by atoms with Crippen LogP contribution >= 0.6 is 0 Å². The maximum atomic E-state index is 12.8. The Labute approximate surface area is 149 Å². The van der Waals surface area contributed by atoms with Crippen LogP contribution < -0.4 is 10.6 Å². The van der Waals surface area contributed by atoms with Crippen molar-refractivity contribution in [2.45, 2.75) is 19.8 Å². The van der Waals surface area contributed by atoms with Gasteiger partial charge in [0.15, 0.2) is 0 Å². The van der Waals surface area contributed by atoms with E-state index in [2.05, 4.69) is 15.6 Å². The number of aromatic nitrogens is 1. The molecule has 8 heteroatoms. The molecule has 0 spiro atoms. The third kappa shape index (κ3) is 5.97. The average Bonchev–Trinajstić information content (AvgIpc) is 2.62. The number of pyridine rings is 1. The molecule has 1 heterocycles. The second kappa shape index (κ2) is 9.26. The van der Waals surface area contributed by atoms with Gasteiger partial charge >= 0.3 is 5.97 Å². The molecule has 0 saturated heterocycles. The van der Waals surface area contributed by atoms with Gasteiger partial charge in [0.2, 0.25) is 11.8 Å². The number of hydrogen-bond acceptors (Lipinski definition) is 5.